The predicted octanol–water partition coefficient (Wildman–Crippen LogP) is 2.70. The number of hydrogen-bond acceptors (Lipinski definition) is 4. The van der Waals surface area contributed by atoms with E-state index in [0.717, 1.165) is 25.3 Å². The van der Waals surface area contributed by atoms with E-state index in [1.165, 1.54) is 24.8 Å². The molecule has 0 saturated heterocycles. The van der Waals surface area contributed by atoms with Gasteiger partial charge in [-0.05, 0) is 43.9 Å². The van der Waals surface area contributed by atoms with Crippen molar-refractivity contribution >= 4 is 0 Å². The number of benzene rings is 1. The summed E-state index contributed by atoms with van der Waals surface area (Å²) in [5.41, 5.74) is 2.78. The maximum Gasteiger partial charge on any atom is 0.138 e. The Balaban J connectivity index is 1.35. The Morgan fingerprint density at radius 3 is 2.74 bits per heavy atom. The van der Waals surface area contributed by atoms with Crippen LogP contribution in [0.2, 0.25) is 0 Å². The van der Waals surface area contributed by atoms with E-state index >= 15 is 0 Å². The van der Waals surface area contributed by atoms with Gasteiger partial charge in [-0.15, -0.1) is 0 Å². The molecule has 2 fully saturated rings. The first-order chi connectivity index (χ1) is 11.3. The van der Waals surface area contributed by atoms with Gasteiger partial charge in [-0.25, -0.2) is 9.67 Å². The Hall–Kier alpha value is -1.72. The lowest BCUT2D eigenvalue weighted by Crippen LogP contribution is -2.66. The van der Waals surface area contributed by atoms with E-state index in [1.54, 1.807) is 17.3 Å². The van der Waals surface area contributed by atoms with E-state index in [-0.39, 0.29) is 0 Å². The van der Waals surface area contributed by atoms with E-state index < -0.39 is 0 Å². The van der Waals surface area contributed by atoms with Crippen molar-refractivity contribution in [3.8, 4) is 5.69 Å². The third-order valence-corrected chi connectivity index (χ3v) is 5.61. The van der Waals surface area contributed by atoms with Crippen LogP contribution < -0.4 is 5.32 Å². The third-order valence-electron chi connectivity index (χ3n) is 5.61. The summed E-state index contributed by atoms with van der Waals surface area (Å²) in [7, 11) is 0. The van der Waals surface area contributed by atoms with E-state index in [9.17, 15) is 0 Å². The molecule has 122 valence electrons. The van der Waals surface area contributed by atoms with Crippen LogP contribution in [0.3, 0.4) is 0 Å². The second-order valence-electron chi connectivity index (χ2n) is 6.71. The highest BCUT2D eigenvalue weighted by molar-refractivity contribution is 5.33. The van der Waals surface area contributed by atoms with Gasteiger partial charge < -0.3 is 10.1 Å². The van der Waals surface area contributed by atoms with Gasteiger partial charge in [0.25, 0.3) is 0 Å². The van der Waals surface area contributed by atoms with Crippen LogP contribution in [0.5, 0.6) is 0 Å². The van der Waals surface area contributed by atoms with Crippen LogP contribution >= 0.6 is 0 Å². The molecule has 0 aliphatic heterocycles. The summed E-state index contributed by atoms with van der Waals surface area (Å²) in [4.78, 5) is 3.98. The van der Waals surface area contributed by atoms with Gasteiger partial charge >= 0.3 is 0 Å². The van der Waals surface area contributed by atoms with Crippen LogP contribution in [0.4, 0.5) is 0 Å². The average molecular weight is 312 g/mol. The van der Waals surface area contributed by atoms with Crippen molar-refractivity contribution in [2.75, 3.05) is 6.61 Å². The summed E-state index contributed by atoms with van der Waals surface area (Å²) in [6.45, 7) is 3.86. The molecule has 2 aliphatic carbocycles. The topological polar surface area (TPSA) is 52.0 Å². The van der Waals surface area contributed by atoms with Crippen LogP contribution in [0.1, 0.15) is 38.2 Å². The Bertz CT molecular complexity index is 634. The standard InChI is InChI=1S/C18H24N4O/c1-2-23-17-10-16(18(17)8-3-9-18)20-11-14-4-6-15(7-5-14)22-13-19-12-21-22/h4-7,12-13,16-17,20H,2-3,8-11H2,1H3/t16-,17-/m1/s1. The number of rotatable bonds is 6. The lowest BCUT2D eigenvalue weighted by Gasteiger charge is -2.61. The van der Waals surface area contributed by atoms with Crippen molar-refractivity contribution in [2.45, 2.75) is 51.3 Å². The van der Waals surface area contributed by atoms with Gasteiger partial charge in [0.1, 0.15) is 12.7 Å². The molecule has 1 spiro atoms. The predicted molar refractivity (Wildman–Crippen MR) is 88.3 cm³/mol. The first kappa shape index (κ1) is 14.8. The van der Waals surface area contributed by atoms with E-state index in [4.69, 9.17) is 4.74 Å². The van der Waals surface area contributed by atoms with Gasteiger partial charge in [0, 0.05) is 24.6 Å². The Kier molecular flexibility index (Phi) is 3.91. The molecular formula is C18H24N4O. The van der Waals surface area contributed by atoms with Crippen LogP contribution in [0.25, 0.3) is 5.69 Å². The molecular weight excluding hydrogens is 288 g/mol. The van der Waals surface area contributed by atoms with Gasteiger partial charge in [-0.3, -0.25) is 0 Å². The highest BCUT2D eigenvalue weighted by Gasteiger charge is 2.58. The van der Waals surface area contributed by atoms with Gasteiger partial charge in [0.2, 0.25) is 0 Å². The maximum atomic E-state index is 5.92. The molecule has 1 aromatic carbocycles. The fourth-order valence-corrected chi connectivity index (χ4v) is 4.07. The molecule has 0 radical (unpaired) electrons. The fraction of sp³-hybridized carbons (Fsp3) is 0.556. The van der Waals surface area contributed by atoms with Gasteiger partial charge in [0.15, 0.2) is 0 Å². The van der Waals surface area contributed by atoms with E-state index in [0.29, 0.717) is 17.6 Å². The fourth-order valence-electron chi connectivity index (χ4n) is 4.07. The first-order valence-electron chi connectivity index (χ1n) is 8.61. The molecule has 2 atom stereocenters. The summed E-state index contributed by atoms with van der Waals surface area (Å²) in [5, 5.41) is 7.91. The van der Waals surface area contributed by atoms with Crippen molar-refractivity contribution in [3.05, 3.63) is 42.5 Å². The molecule has 0 bridgehead atoms. The zero-order valence-corrected chi connectivity index (χ0v) is 13.6. The lowest BCUT2D eigenvalue weighted by molar-refractivity contribution is -0.173. The molecule has 2 saturated carbocycles. The van der Waals surface area contributed by atoms with E-state index in [2.05, 4.69) is 46.6 Å². The largest absolute Gasteiger partial charge is 0.378 e. The van der Waals surface area contributed by atoms with Crippen molar-refractivity contribution < 1.29 is 4.74 Å². The number of hydrogen-bond donors (Lipinski definition) is 1. The van der Waals surface area contributed by atoms with Crippen molar-refractivity contribution in [1.29, 1.82) is 0 Å². The number of aromatic nitrogens is 3. The van der Waals surface area contributed by atoms with Crippen molar-refractivity contribution in [3.63, 3.8) is 0 Å². The third kappa shape index (κ3) is 2.58. The molecule has 0 amide bonds. The Morgan fingerprint density at radius 2 is 2.13 bits per heavy atom. The minimum atomic E-state index is 0.427. The Morgan fingerprint density at radius 1 is 1.30 bits per heavy atom. The highest BCUT2D eigenvalue weighted by Crippen LogP contribution is 2.57. The molecule has 1 aromatic heterocycles. The molecule has 4 rings (SSSR count). The summed E-state index contributed by atoms with van der Waals surface area (Å²) >= 11 is 0. The first-order valence-corrected chi connectivity index (χ1v) is 8.61. The maximum absolute atomic E-state index is 5.92. The van der Waals surface area contributed by atoms with Crippen LogP contribution in [-0.2, 0) is 11.3 Å². The van der Waals surface area contributed by atoms with Gasteiger partial charge in [0.05, 0.1) is 11.8 Å². The summed E-state index contributed by atoms with van der Waals surface area (Å²) < 4.78 is 7.70. The second-order valence-corrected chi connectivity index (χ2v) is 6.71. The zero-order valence-electron chi connectivity index (χ0n) is 13.6. The zero-order chi connectivity index (χ0) is 15.7. The van der Waals surface area contributed by atoms with Gasteiger partial charge in [-0.1, -0.05) is 18.6 Å². The summed E-state index contributed by atoms with van der Waals surface area (Å²) in [6.07, 6.45) is 8.91. The molecule has 5 heteroatoms. The van der Waals surface area contributed by atoms with Gasteiger partial charge in [-0.2, -0.15) is 5.10 Å². The molecule has 0 unspecified atom stereocenters. The second kappa shape index (κ2) is 6.06. The smallest absolute Gasteiger partial charge is 0.138 e. The van der Waals surface area contributed by atoms with Crippen molar-refractivity contribution in [1.82, 2.24) is 20.1 Å². The molecule has 2 aromatic rings. The SMILES string of the molecule is CCO[C@@H]1C[C@@H](NCc2ccc(-n3cncn3)cc2)C12CCC2. The van der Waals surface area contributed by atoms with Crippen LogP contribution in [0, 0.1) is 5.41 Å². The highest BCUT2D eigenvalue weighted by atomic mass is 16.5. The van der Waals surface area contributed by atoms with Crippen molar-refractivity contribution in [2.24, 2.45) is 5.41 Å². The molecule has 2 aliphatic rings. The molecule has 1 heterocycles. The lowest BCUT2D eigenvalue weighted by atomic mass is 9.51. The Labute approximate surface area is 137 Å². The molecule has 1 N–H and O–H groups in total. The monoisotopic (exact) mass is 312 g/mol. The van der Waals surface area contributed by atoms with E-state index in [1.807, 2.05) is 0 Å². The van der Waals surface area contributed by atoms with Crippen LogP contribution in [-0.4, -0.2) is 33.5 Å². The number of nitrogens with one attached hydrogen (secondary N) is 1. The number of nitrogens with zero attached hydrogens (tertiary/aromatic N) is 3. The molecule has 23 heavy (non-hydrogen) atoms. The quantitative estimate of drug-likeness (QED) is 0.891. The van der Waals surface area contributed by atoms with Crippen LogP contribution in [0.15, 0.2) is 36.9 Å². The minimum absolute atomic E-state index is 0.427. The summed E-state index contributed by atoms with van der Waals surface area (Å²) in [6, 6.07) is 9.12. The molecule has 5 nitrogen and oxygen atoms in total. The average Bonchev–Trinajstić information content (AvgIpc) is 3.03. The number of ether oxygens (including phenoxy) is 1. The summed E-state index contributed by atoms with van der Waals surface area (Å²) in [5.74, 6) is 0. The minimum Gasteiger partial charge on any atom is -0.378 e. The normalized spacial score (nSPS) is 25.1.